The molecule has 158 valence electrons. The molecule has 0 N–H and O–H groups in total. The Morgan fingerprint density at radius 3 is 2.70 bits per heavy atom. The molecule has 0 spiro atoms. The largest absolute Gasteiger partial charge is 0.454 e. The first-order valence-corrected chi connectivity index (χ1v) is 10.7. The molecule has 0 saturated heterocycles. The van der Waals surface area contributed by atoms with Gasteiger partial charge >= 0.3 is 0 Å². The van der Waals surface area contributed by atoms with Gasteiger partial charge in [-0.15, -0.1) is 0 Å². The van der Waals surface area contributed by atoms with Crippen molar-refractivity contribution in [3.05, 3.63) is 95.1 Å². The van der Waals surface area contributed by atoms with Gasteiger partial charge in [-0.05, 0) is 60.0 Å². The van der Waals surface area contributed by atoms with Crippen LogP contribution >= 0.6 is 0 Å². The summed E-state index contributed by atoms with van der Waals surface area (Å²) in [7, 11) is 0. The Balaban J connectivity index is 1.59. The molecule has 3 aromatic carbocycles. The summed E-state index contributed by atoms with van der Waals surface area (Å²) in [6, 6.07) is 26.6. The van der Waals surface area contributed by atoms with Crippen molar-refractivity contribution in [1.29, 1.82) is 5.26 Å². The van der Waals surface area contributed by atoms with Crippen molar-refractivity contribution in [3.63, 3.8) is 0 Å². The van der Waals surface area contributed by atoms with Gasteiger partial charge < -0.3 is 9.47 Å². The molecule has 0 radical (unpaired) electrons. The number of fused-ring (bicyclic) bond motifs is 4. The Labute approximate surface area is 190 Å². The van der Waals surface area contributed by atoms with E-state index in [0.717, 1.165) is 44.9 Å². The molecule has 0 saturated carbocycles. The molecule has 3 heterocycles. The van der Waals surface area contributed by atoms with E-state index in [0.29, 0.717) is 11.2 Å². The number of rotatable bonds is 3. The predicted molar refractivity (Wildman–Crippen MR) is 129 cm³/mol. The first-order chi connectivity index (χ1) is 16.2. The van der Waals surface area contributed by atoms with Gasteiger partial charge in [-0.2, -0.15) is 5.26 Å². The van der Waals surface area contributed by atoms with Gasteiger partial charge in [0.25, 0.3) is 0 Å². The van der Waals surface area contributed by atoms with Crippen LogP contribution in [0.15, 0.2) is 72.8 Å². The SMILES string of the molecule is Cc1cccc(-c2cc(C=Cc3ccc4c(c3)OCO4)c(C#N)c3nc4ccccc4n23)c1. The monoisotopic (exact) mass is 429 g/mol. The average molecular weight is 429 g/mol. The third-order valence-corrected chi connectivity index (χ3v) is 5.88. The molecule has 0 fully saturated rings. The maximum absolute atomic E-state index is 10.1. The van der Waals surface area contributed by atoms with Crippen molar-refractivity contribution in [3.8, 4) is 28.8 Å². The van der Waals surface area contributed by atoms with Crippen LogP contribution in [0, 0.1) is 18.3 Å². The van der Waals surface area contributed by atoms with E-state index in [4.69, 9.17) is 14.5 Å². The summed E-state index contributed by atoms with van der Waals surface area (Å²) in [5.74, 6) is 1.48. The normalized spacial score (nSPS) is 12.6. The number of benzene rings is 3. The molecule has 1 aliphatic rings. The van der Waals surface area contributed by atoms with Crippen LogP contribution in [-0.4, -0.2) is 16.2 Å². The summed E-state index contributed by atoms with van der Waals surface area (Å²) in [5.41, 5.74) is 8.06. The molecule has 1 aliphatic heterocycles. The van der Waals surface area contributed by atoms with E-state index in [1.807, 2.05) is 54.6 Å². The highest BCUT2D eigenvalue weighted by Gasteiger charge is 2.17. The number of nitriles is 1. The maximum atomic E-state index is 10.1. The molecule has 33 heavy (non-hydrogen) atoms. The molecule has 5 nitrogen and oxygen atoms in total. The second kappa shape index (κ2) is 7.54. The third kappa shape index (κ3) is 3.20. The van der Waals surface area contributed by atoms with Crippen LogP contribution in [0.5, 0.6) is 11.5 Å². The number of pyridine rings is 1. The standard InChI is InChI=1S/C28H19N3O2/c1-18-5-4-6-21(13-18)25-15-20(11-9-19-10-12-26-27(14-19)33-17-32-26)22(16-29)28-30-23-7-2-3-8-24(23)31(25)28/h2-15H,17H2,1H3. The number of para-hydroxylation sites is 2. The second-order valence-corrected chi connectivity index (χ2v) is 8.05. The Hall–Kier alpha value is -4.56. The number of ether oxygens (including phenoxy) is 2. The molecular formula is C28H19N3O2. The van der Waals surface area contributed by atoms with Gasteiger partial charge in [0.1, 0.15) is 11.6 Å². The van der Waals surface area contributed by atoms with Gasteiger partial charge in [0.2, 0.25) is 6.79 Å². The van der Waals surface area contributed by atoms with E-state index in [1.165, 1.54) is 5.56 Å². The van der Waals surface area contributed by atoms with Crippen molar-refractivity contribution < 1.29 is 9.47 Å². The molecule has 0 atom stereocenters. The lowest BCUT2D eigenvalue weighted by molar-refractivity contribution is 0.174. The fourth-order valence-electron chi connectivity index (χ4n) is 4.32. The van der Waals surface area contributed by atoms with Crippen LogP contribution in [0.3, 0.4) is 0 Å². The Bertz CT molecular complexity index is 1620. The van der Waals surface area contributed by atoms with Gasteiger partial charge in [-0.25, -0.2) is 4.98 Å². The number of aryl methyl sites for hydroxylation is 1. The van der Waals surface area contributed by atoms with Crippen LogP contribution in [-0.2, 0) is 0 Å². The summed E-state index contributed by atoms with van der Waals surface area (Å²) in [4.78, 5) is 4.83. The summed E-state index contributed by atoms with van der Waals surface area (Å²) < 4.78 is 13.0. The van der Waals surface area contributed by atoms with Crippen LogP contribution in [0.2, 0.25) is 0 Å². The first kappa shape index (κ1) is 19.1. The topological polar surface area (TPSA) is 59.5 Å². The Morgan fingerprint density at radius 1 is 0.939 bits per heavy atom. The highest BCUT2D eigenvalue weighted by molar-refractivity contribution is 5.89. The zero-order chi connectivity index (χ0) is 22.4. The van der Waals surface area contributed by atoms with E-state index < -0.39 is 0 Å². The molecule has 6 rings (SSSR count). The highest BCUT2D eigenvalue weighted by atomic mass is 16.7. The van der Waals surface area contributed by atoms with Gasteiger partial charge in [0.05, 0.1) is 16.7 Å². The fourth-order valence-corrected chi connectivity index (χ4v) is 4.32. The summed E-state index contributed by atoms with van der Waals surface area (Å²) in [6.07, 6.45) is 3.95. The van der Waals surface area contributed by atoms with Crippen LogP contribution in [0.1, 0.15) is 22.3 Å². The van der Waals surface area contributed by atoms with Crippen LogP contribution < -0.4 is 9.47 Å². The van der Waals surface area contributed by atoms with Gasteiger partial charge in [-0.3, -0.25) is 4.40 Å². The van der Waals surface area contributed by atoms with E-state index in [9.17, 15) is 5.26 Å². The predicted octanol–water partition coefficient (Wildman–Crippen LogP) is 6.23. The number of hydrogen-bond acceptors (Lipinski definition) is 4. The number of imidazole rings is 1. The van der Waals surface area contributed by atoms with Crippen molar-refractivity contribution in [2.75, 3.05) is 6.79 Å². The molecule has 5 heteroatoms. The number of hydrogen-bond donors (Lipinski definition) is 0. The molecule has 0 bridgehead atoms. The van der Waals surface area contributed by atoms with Gasteiger partial charge in [-0.1, -0.05) is 54.1 Å². The summed E-state index contributed by atoms with van der Waals surface area (Å²) in [6.45, 7) is 2.32. The minimum absolute atomic E-state index is 0.241. The van der Waals surface area contributed by atoms with Gasteiger partial charge in [0.15, 0.2) is 17.1 Å². The molecule has 5 aromatic rings. The van der Waals surface area contributed by atoms with E-state index in [1.54, 1.807) is 0 Å². The summed E-state index contributed by atoms with van der Waals surface area (Å²) >= 11 is 0. The zero-order valence-corrected chi connectivity index (χ0v) is 17.9. The van der Waals surface area contributed by atoms with Gasteiger partial charge in [0, 0.05) is 0 Å². The second-order valence-electron chi connectivity index (χ2n) is 8.05. The molecule has 0 unspecified atom stereocenters. The smallest absolute Gasteiger partial charge is 0.231 e. The quantitative estimate of drug-likeness (QED) is 0.341. The molecule has 0 aliphatic carbocycles. The molecule has 2 aromatic heterocycles. The minimum atomic E-state index is 0.241. The fraction of sp³-hybridized carbons (Fsp3) is 0.0714. The van der Waals surface area contributed by atoms with Crippen molar-refractivity contribution >= 4 is 28.8 Å². The zero-order valence-electron chi connectivity index (χ0n) is 17.9. The Kier molecular flexibility index (Phi) is 4.38. The minimum Gasteiger partial charge on any atom is -0.454 e. The van der Waals surface area contributed by atoms with Crippen LogP contribution in [0.25, 0.3) is 40.1 Å². The van der Waals surface area contributed by atoms with E-state index in [-0.39, 0.29) is 6.79 Å². The molecular weight excluding hydrogens is 410 g/mol. The first-order valence-electron chi connectivity index (χ1n) is 10.7. The van der Waals surface area contributed by atoms with Crippen molar-refractivity contribution in [2.45, 2.75) is 6.92 Å². The van der Waals surface area contributed by atoms with Crippen molar-refractivity contribution in [1.82, 2.24) is 9.38 Å². The van der Waals surface area contributed by atoms with E-state index in [2.05, 4.69) is 47.7 Å². The Morgan fingerprint density at radius 2 is 1.82 bits per heavy atom. The number of aromatic nitrogens is 2. The maximum Gasteiger partial charge on any atom is 0.231 e. The third-order valence-electron chi connectivity index (χ3n) is 5.88. The lowest BCUT2D eigenvalue weighted by atomic mass is 10.0. The molecule has 0 amide bonds. The summed E-state index contributed by atoms with van der Waals surface area (Å²) in [5, 5.41) is 10.1. The van der Waals surface area contributed by atoms with Crippen LogP contribution in [0.4, 0.5) is 0 Å². The highest BCUT2D eigenvalue weighted by Crippen LogP contribution is 2.34. The average Bonchev–Trinajstić information content (AvgIpc) is 3.46. The van der Waals surface area contributed by atoms with E-state index >= 15 is 0 Å². The lowest BCUT2D eigenvalue weighted by Gasteiger charge is -2.11. The van der Waals surface area contributed by atoms with Crippen molar-refractivity contribution in [2.24, 2.45) is 0 Å². The number of nitrogens with zero attached hydrogens (tertiary/aromatic N) is 3. The lowest BCUT2D eigenvalue weighted by Crippen LogP contribution is -1.98.